The highest BCUT2D eigenvalue weighted by molar-refractivity contribution is 5.73. The van der Waals surface area contributed by atoms with E-state index in [1.54, 1.807) is 0 Å². The molecule has 1 rings (SSSR count). The van der Waals surface area contributed by atoms with Gasteiger partial charge in [0.1, 0.15) is 6.10 Å². The van der Waals surface area contributed by atoms with Gasteiger partial charge in [0.15, 0.2) is 0 Å². The van der Waals surface area contributed by atoms with E-state index < -0.39 is 24.3 Å². The molecule has 0 bridgehead atoms. The second kappa shape index (κ2) is 4.70. The lowest BCUT2D eigenvalue weighted by atomic mass is 9.94. The second-order valence-corrected chi connectivity index (χ2v) is 3.49. The molecule has 0 spiro atoms. The average Bonchev–Trinajstić information content (AvgIpc) is 2.13. The Morgan fingerprint density at radius 1 is 1.50 bits per heavy atom. The molecule has 6 nitrogen and oxygen atoms in total. The van der Waals surface area contributed by atoms with Crippen LogP contribution in [0.4, 0.5) is 0 Å². The first-order valence-electron chi connectivity index (χ1n) is 4.53. The van der Waals surface area contributed by atoms with Gasteiger partial charge in [-0.05, 0) is 0 Å². The monoisotopic (exact) mass is 204 g/mol. The Bertz CT molecular complexity index is 212. The summed E-state index contributed by atoms with van der Waals surface area (Å²) in [6.07, 6.45) is -2.11. The predicted octanol–water partition coefficient (Wildman–Crippen LogP) is -2.82. The van der Waals surface area contributed by atoms with Crippen LogP contribution in [-0.2, 0) is 4.79 Å². The van der Waals surface area contributed by atoms with Gasteiger partial charge in [-0.25, -0.2) is 0 Å². The third-order valence-corrected chi connectivity index (χ3v) is 2.36. The topological polar surface area (TPSA) is 102 Å². The molecule has 0 aliphatic carbocycles. The molecule has 1 amide bonds. The number of rotatable bonds is 2. The molecule has 4 atom stereocenters. The van der Waals surface area contributed by atoms with Gasteiger partial charge in [0.25, 0.3) is 0 Å². The fraction of sp³-hybridized carbons (Fsp3) is 0.875. The van der Waals surface area contributed by atoms with Crippen LogP contribution in [-0.4, -0.2) is 58.7 Å². The number of aliphatic hydroxyl groups excluding tert-OH is 3. The number of hydrogen-bond donors (Lipinski definition) is 5. The highest BCUT2D eigenvalue weighted by atomic mass is 16.3. The fourth-order valence-corrected chi connectivity index (χ4v) is 1.57. The van der Waals surface area contributed by atoms with Crippen molar-refractivity contribution in [2.75, 3.05) is 13.2 Å². The van der Waals surface area contributed by atoms with E-state index in [0.29, 0.717) is 6.54 Å². The summed E-state index contributed by atoms with van der Waals surface area (Å²) in [5, 5.41) is 33.2. The Kier molecular flexibility index (Phi) is 3.82. The normalized spacial score (nSPS) is 38.0. The van der Waals surface area contributed by atoms with Crippen LogP contribution in [0.3, 0.4) is 0 Å². The van der Waals surface area contributed by atoms with Crippen LogP contribution in [0.15, 0.2) is 0 Å². The predicted molar refractivity (Wildman–Crippen MR) is 48.5 cm³/mol. The van der Waals surface area contributed by atoms with E-state index in [-0.39, 0.29) is 12.5 Å². The van der Waals surface area contributed by atoms with Crippen LogP contribution in [0.1, 0.15) is 6.92 Å². The molecule has 6 heteroatoms. The SMILES string of the molecule is CC(=O)N[C@@H]1CN[C@@H](CO)[C@H](O)[C@H]1O. The smallest absolute Gasteiger partial charge is 0.217 e. The first-order valence-corrected chi connectivity index (χ1v) is 4.53. The molecule has 5 N–H and O–H groups in total. The molecule has 0 saturated carbocycles. The summed E-state index contributed by atoms with van der Waals surface area (Å²) in [7, 11) is 0. The van der Waals surface area contributed by atoms with Crippen molar-refractivity contribution in [1.82, 2.24) is 10.6 Å². The summed E-state index contributed by atoms with van der Waals surface area (Å²) in [6, 6.07) is -1.04. The van der Waals surface area contributed by atoms with Crippen molar-refractivity contribution in [3.63, 3.8) is 0 Å². The lowest BCUT2D eigenvalue weighted by molar-refractivity contribution is -0.122. The largest absolute Gasteiger partial charge is 0.395 e. The minimum absolute atomic E-state index is 0.245. The molecule has 0 aromatic carbocycles. The Hall–Kier alpha value is -0.690. The zero-order chi connectivity index (χ0) is 10.7. The molecule has 1 aliphatic heterocycles. The summed E-state index contributed by atoms with van der Waals surface area (Å²) in [5.41, 5.74) is 0. The number of nitrogens with one attached hydrogen (secondary N) is 2. The zero-order valence-corrected chi connectivity index (χ0v) is 7.97. The standard InChI is InChI=1S/C8H16N2O4/c1-4(12)10-5-2-9-6(3-11)8(14)7(5)13/h5-9,11,13-14H,2-3H2,1H3,(H,10,12)/t5-,6+,7+,8+/m1/s1. The molecule has 1 fully saturated rings. The maximum Gasteiger partial charge on any atom is 0.217 e. The highest BCUT2D eigenvalue weighted by Crippen LogP contribution is 2.10. The van der Waals surface area contributed by atoms with Crippen LogP contribution in [0, 0.1) is 0 Å². The lowest BCUT2D eigenvalue weighted by Gasteiger charge is -2.37. The second-order valence-electron chi connectivity index (χ2n) is 3.49. The van der Waals surface area contributed by atoms with Crippen LogP contribution in [0.5, 0.6) is 0 Å². The van der Waals surface area contributed by atoms with Crippen molar-refractivity contribution in [1.29, 1.82) is 0 Å². The summed E-state index contributed by atoms with van der Waals surface area (Å²) in [6.45, 7) is 1.44. The molecule has 14 heavy (non-hydrogen) atoms. The van der Waals surface area contributed by atoms with E-state index in [9.17, 15) is 15.0 Å². The van der Waals surface area contributed by atoms with Gasteiger partial charge in [-0.3, -0.25) is 4.79 Å². The van der Waals surface area contributed by atoms with Crippen molar-refractivity contribution in [2.45, 2.75) is 31.2 Å². The quantitative estimate of drug-likeness (QED) is 0.334. The van der Waals surface area contributed by atoms with Crippen molar-refractivity contribution >= 4 is 5.91 Å². The van der Waals surface area contributed by atoms with Gasteiger partial charge < -0.3 is 26.0 Å². The molecule has 1 saturated heterocycles. The van der Waals surface area contributed by atoms with Gasteiger partial charge >= 0.3 is 0 Å². The van der Waals surface area contributed by atoms with E-state index in [1.807, 2.05) is 0 Å². The molecule has 0 aromatic heterocycles. The minimum Gasteiger partial charge on any atom is -0.395 e. The van der Waals surface area contributed by atoms with Crippen molar-refractivity contribution in [3.05, 3.63) is 0 Å². The number of amides is 1. The number of aliphatic hydroxyl groups is 3. The maximum atomic E-state index is 10.7. The van der Waals surface area contributed by atoms with Gasteiger partial charge in [0.05, 0.1) is 24.8 Å². The molecule has 1 heterocycles. The minimum atomic E-state index is -1.06. The Labute approximate surface area is 81.9 Å². The first kappa shape index (κ1) is 11.4. The highest BCUT2D eigenvalue weighted by Gasteiger charge is 2.36. The lowest BCUT2D eigenvalue weighted by Crippen LogP contribution is -2.65. The number of carbonyl (C=O) groups is 1. The van der Waals surface area contributed by atoms with Gasteiger partial charge in [0.2, 0.25) is 5.91 Å². The third-order valence-electron chi connectivity index (χ3n) is 2.36. The molecular weight excluding hydrogens is 188 g/mol. The number of piperidine rings is 1. The van der Waals surface area contributed by atoms with Crippen LogP contribution >= 0.6 is 0 Å². The Balaban J connectivity index is 2.54. The third kappa shape index (κ3) is 2.42. The van der Waals surface area contributed by atoms with Gasteiger partial charge in [-0.1, -0.05) is 0 Å². The van der Waals surface area contributed by atoms with E-state index in [1.165, 1.54) is 6.92 Å². The van der Waals surface area contributed by atoms with Crippen LogP contribution in [0.25, 0.3) is 0 Å². The van der Waals surface area contributed by atoms with E-state index in [2.05, 4.69) is 10.6 Å². The molecule has 1 aliphatic rings. The van der Waals surface area contributed by atoms with E-state index in [4.69, 9.17) is 5.11 Å². The van der Waals surface area contributed by atoms with Crippen LogP contribution < -0.4 is 10.6 Å². The maximum absolute atomic E-state index is 10.7. The fourth-order valence-electron chi connectivity index (χ4n) is 1.57. The van der Waals surface area contributed by atoms with E-state index >= 15 is 0 Å². The van der Waals surface area contributed by atoms with Crippen molar-refractivity contribution in [2.24, 2.45) is 0 Å². The summed E-state index contributed by atoms with van der Waals surface area (Å²) >= 11 is 0. The van der Waals surface area contributed by atoms with Crippen molar-refractivity contribution < 1.29 is 20.1 Å². The molecule has 82 valence electrons. The Morgan fingerprint density at radius 3 is 2.64 bits per heavy atom. The summed E-state index contributed by atoms with van der Waals surface area (Å²) < 4.78 is 0. The summed E-state index contributed by atoms with van der Waals surface area (Å²) in [4.78, 5) is 10.7. The molecule has 0 radical (unpaired) electrons. The van der Waals surface area contributed by atoms with Gasteiger partial charge in [-0.15, -0.1) is 0 Å². The van der Waals surface area contributed by atoms with Crippen molar-refractivity contribution in [3.8, 4) is 0 Å². The van der Waals surface area contributed by atoms with Gasteiger partial charge in [-0.2, -0.15) is 0 Å². The number of carbonyl (C=O) groups excluding carboxylic acids is 1. The van der Waals surface area contributed by atoms with Crippen LogP contribution in [0.2, 0.25) is 0 Å². The van der Waals surface area contributed by atoms with E-state index in [0.717, 1.165) is 0 Å². The summed E-state index contributed by atoms with van der Waals surface area (Å²) in [5.74, 6) is -0.259. The average molecular weight is 204 g/mol. The molecular formula is C8H16N2O4. The molecule has 0 aromatic rings. The molecule has 0 unspecified atom stereocenters. The Morgan fingerprint density at radius 2 is 2.14 bits per heavy atom. The van der Waals surface area contributed by atoms with Gasteiger partial charge in [0, 0.05) is 13.5 Å². The number of hydrogen-bond acceptors (Lipinski definition) is 5. The first-order chi connectivity index (χ1) is 6.56. The zero-order valence-electron chi connectivity index (χ0n) is 7.97.